The van der Waals surface area contributed by atoms with Crippen LogP contribution < -0.4 is 5.73 Å². The molecule has 0 unspecified atom stereocenters. The number of halogens is 2. The van der Waals surface area contributed by atoms with Crippen LogP contribution in [0.4, 0.5) is 14.5 Å². The van der Waals surface area contributed by atoms with E-state index in [2.05, 4.69) is 5.10 Å². The van der Waals surface area contributed by atoms with Crippen LogP contribution in [-0.2, 0) is 6.54 Å². The molecule has 2 N–H and O–H groups in total. The molecule has 0 aromatic carbocycles. The number of aromatic nitrogens is 2. The Hall–Kier alpha value is -1.66. The average molecular weight is 246 g/mol. The Labute approximate surface area is 98.2 Å². The zero-order chi connectivity index (χ0) is 13.0. The van der Waals surface area contributed by atoms with Crippen molar-refractivity contribution in [2.45, 2.75) is 26.8 Å². The number of amides is 1. The second-order valence-electron chi connectivity index (χ2n) is 3.52. The Kier molecular flexibility index (Phi) is 4.42. The van der Waals surface area contributed by atoms with Crippen molar-refractivity contribution in [1.29, 1.82) is 0 Å². The summed E-state index contributed by atoms with van der Waals surface area (Å²) in [4.78, 5) is 13.4. The maximum atomic E-state index is 12.2. The lowest BCUT2D eigenvalue weighted by Crippen LogP contribution is -2.31. The van der Waals surface area contributed by atoms with Crippen molar-refractivity contribution >= 4 is 11.6 Å². The molecule has 17 heavy (non-hydrogen) atoms. The maximum Gasteiger partial charge on any atom is 0.276 e. The molecule has 0 radical (unpaired) electrons. The van der Waals surface area contributed by atoms with Crippen molar-refractivity contribution in [3.63, 3.8) is 0 Å². The normalized spacial score (nSPS) is 10.9. The predicted octanol–water partition coefficient (Wildman–Crippen LogP) is 1.21. The van der Waals surface area contributed by atoms with E-state index in [0.29, 0.717) is 13.1 Å². The van der Waals surface area contributed by atoms with Crippen molar-refractivity contribution in [2.24, 2.45) is 0 Å². The molecule has 1 amide bonds. The van der Waals surface area contributed by atoms with Gasteiger partial charge in [-0.1, -0.05) is 0 Å². The molecule has 0 aliphatic rings. The zero-order valence-corrected chi connectivity index (χ0v) is 9.86. The SMILES string of the molecule is CCN(CC)C(=O)c1nn(CC(F)F)cc1N. The molecule has 1 aromatic heterocycles. The Morgan fingerprint density at radius 2 is 2.12 bits per heavy atom. The number of hydrogen-bond acceptors (Lipinski definition) is 3. The van der Waals surface area contributed by atoms with Crippen LogP contribution in [0.1, 0.15) is 24.3 Å². The van der Waals surface area contributed by atoms with E-state index in [1.165, 1.54) is 11.1 Å². The molecule has 5 nitrogen and oxygen atoms in total. The topological polar surface area (TPSA) is 64.2 Å². The Bertz CT molecular complexity index is 388. The summed E-state index contributed by atoms with van der Waals surface area (Å²) in [6.45, 7) is 4.14. The van der Waals surface area contributed by atoms with Crippen molar-refractivity contribution in [3.8, 4) is 0 Å². The summed E-state index contributed by atoms with van der Waals surface area (Å²) >= 11 is 0. The molecular weight excluding hydrogens is 230 g/mol. The fourth-order valence-electron chi connectivity index (χ4n) is 1.50. The summed E-state index contributed by atoms with van der Waals surface area (Å²) in [7, 11) is 0. The van der Waals surface area contributed by atoms with Gasteiger partial charge in [-0.25, -0.2) is 8.78 Å². The molecule has 0 fully saturated rings. The van der Waals surface area contributed by atoms with E-state index in [1.807, 2.05) is 13.8 Å². The summed E-state index contributed by atoms with van der Waals surface area (Å²) in [5.41, 5.74) is 5.75. The molecule has 7 heteroatoms. The lowest BCUT2D eigenvalue weighted by Gasteiger charge is -2.17. The van der Waals surface area contributed by atoms with Crippen LogP contribution in [0.3, 0.4) is 0 Å². The molecule has 96 valence electrons. The van der Waals surface area contributed by atoms with Gasteiger partial charge in [0.05, 0.1) is 5.69 Å². The van der Waals surface area contributed by atoms with Gasteiger partial charge in [-0.3, -0.25) is 9.48 Å². The van der Waals surface area contributed by atoms with E-state index in [1.54, 1.807) is 0 Å². The minimum Gasteiger partial charge on any atom is -0.396 e. The zero-order valence-electron chi connectivity index (χ0n) is 9.86. The number of nitrogen functional groups attached to an aromatic ring is 1. The van der Waals surface area contributed by atoms with Crippen LogP contribution in [0.15, 0.2) is 6.20 Å². The third-order valence-corrected chi connectivity index (χ3v) is 2.37. The standard InChI is InChI=1S/C10H16F2N4O/c1-3-15(4-2)10(17)9-7(13)5-16(14-9)6-8(11)12/h5,8H,3-4,6,13H2,1-2H3. The number of nitrogens with two attached hydrogens (primary N) is 1. The fraction of sp³-hybridized carbons (Fsp3) is 0.600. The summed E-state index contributed by atoms with van der Waals surface area (Å²) in [6.07, 6.45) is -1.27. The van der Waals surface area contributed by atoms with Gasteiger partial charge in [0.2, 0.25) is 0 Å². The van der Waals surface area contributed by atoms with E-state index in [9.17, 15) is 13.6 Å². The molecule has 0 aliphatic carbocycles. The highest BCUT2D eigenvalue weighted by Crippen LogP contribution is 2.13. The highest BCUT2D eigenvalue weighted by atomic mass is 19.3. The number of carbonyl (C=O) groups excluding carboxylic acids is 1. The van der Waals surface area contributed by atoms with Gasteiger partial charge in [-0.05, 0) is 13.8 Å². The largest absolute Gasteiger partial charge is 0.396 e. The summed E-state index contributed by atoms with van der Waals surface area (Å²) in [5, 5.41) is 3.79. The van der Waals surface area contributed by atoms with E-state index >= 15 is 0 Å². The first-order valence-electron chi connectivity index (χ1n) is 5.39. The summed E-state index contributed by atoms with van der Waals surface area (Å²) < 4.78 is 25.3. The molecule has 0 atom stereocenters. The van der Waals surface area contributed by atoms with E-state index in [0.717, 1.165) is 4.68 Å². The number of alkyl halides is 2. The van der Waals surface area contributed by atoms with Crippen LogP contribution in [0.25, 0.3) is 0 Å². The first-order chi connectivity index (χ1) is 7.99. The van der Waals surface area contributed by atoms with Crippen LogP contribution in [0.5, 0.6) is 0 Å². The number of anilines is 1. The predicted molar refractivity (Wildman–Crippen MR) is 59.9 cm³/mol. The Balaban J connectivity index is 2.90. The van der Waals surface area contributed by atoms with Gasteiger partial charge in [-0.15, -0.1) is 0 Å². The van der Waals surface area contributed by atoms with Crippen molar-refractivity contribution in [1.82, 2.24) is 14.7 Å². The molecular formula is C10H16F2N4O. The molecule has 0 aliphatic heterocycles. The van der Waals surface area contributed by atoms with E-state index in [4.69, 9.17) is 5.73 Å². The van der Waals surface area contributed by atoms with Crippen molar-refractivity contribution in [3.05, 3.63) is 11.9 Å². The highest BCUT2D eigenvalue weighted by Gasteiger charge is 2.20. The molecule has 0 saturated carbocycles. The first-order valence-corrected chi connectivity index (χ1v) is 5.39. The van der Waals surface area contributed by atoms with Gasteiger partial charge >= 0.3 is 0 Å². The number of carbonyl (C=O) groups is 1. The van der Waals surface area contributed by atoms with E-state index < -0.39 is 13.0 Å². The molecule has 1 aromatic rings. The number of rotatable bonds is 5. The molecule has 1 rings (SSSR count). The number of nitrogens with zero attached hydrogens (tertiary/aromatic N) is 3. The quantitative estimate of drug-likeness (QED) is 0.849. The Morgan fingerprint density at radius 1 is 1.53 bits per heavy atom. The summed E-state index contributed by atoms with van der Waals surface area (Å²) in [5.74, 6) is -0.333. The number of hydrogen-bond donors (Lipinski definition) is 1. The van der Waals surface area contributed by atoms with Crippen molar-refractivity contribution < 1.29 is 13.6 Å². The second-order valence-corrected chi connectivity index (χ2v) is 3.52. The maximum absolute atomic E-state index is 12.2. The van der Waals surface area contributed by atoms with Gasteiger partial charge in [0.25, 0.3) is 12.3 Å². The van der Waals surface area contributed by atoms with Gasteiger partial charge in [0, 0.05) is 19.3 Å². The van der Waals surface area contributed by atoms with Gasteiger partial charge in [0.15, 0.2) is 5.69 Å². The molecule has 0 spiro atoms. The summed E-state index contributed by atoms with van der Waals surface area (Å²) in [6, 6.07) is 0. The van der Waals surface area contributed by atoms with Crippen LogP contribution >= 0.6 is 0 Å². The van der Waals surface area contributed by atoms with Crippen LogP contribution in [-0.4, -0.2) is 40.1 Å². The smallest absolute Gasteiger partial charge is 0.276 e. The molecule has 0 saturated heterocycles. The van der Waals surface area contributed by atoms with Crippen molar-refractivity contribution in [2.75, 3.05) is 18.8 Å². The highest BCUT2D eigenvalue weighted by molar-refractivity contribution is 5.97. The van der Waals surface area contributed by atoms with Crippen LogP contribution in [0.2, 0.25) is 0 Å². The molecule has 0 bridgehead atoms. The third kappa shape index (κ3) is 3.15. The second kappa shape index (κ2) is 5.60. The van der Waals surface area contributed by atoms with Gasteiger partial charge < -0.3 is 10.6 Å². The van der Waals surface area contributed by atoms with Gasteiger partial charge in [0.1, 0.15) is 6.54 Å². The average Bonchev–Trinajstić information content (AvgIpc) is 2.60. The van der Waals surface area contributed by atoms with Crippen LogP contribution in [0, 0.1) is 0 Å². The monoisotopic (exact) mass is 246 g/mol. The minimum absolute atomic E-state index is 0.0364. The fourth-order valence-corrected chi connectivity index (χ4v) is 1.50. The van der Waals surface area contributed by atoms with Gasteiger partial charge in [-0.2, -0.15) is 5.10 Å². The minimum atomic E-state index is -2.52. The Morgan fingerprint density at radius 3 is 2.59 bits per heavy atom. The van der Waals surface area contributed by atoms with E-state index in [-0.39, 0.29) is 17.3 Å². The molecule has 1 heterocycles. The third-order valence-electron chi connectivity index (χ3n) is 2.37. The lowest BCUT2D eigenvalue weighted by atomic mass is 10.3. The lowest BCUT2D eigenvalue weighted by molar-refractivity contribution is 0.0764. The first kappa shape index (κ1) is 13.4.